The zero-order valence-electron chi connectivity index (χ0n) is 8.51. The van der Waals surface area contributed by atoms with Gasteiger partial charge in [-0.25, -0.2) is 18.4 Å². The van der Waals surface area contributed by atoms with Gasteiger partial charge in [-0.15, -0.1) is 0 Å². The third kappa shape index (κ3) is 2.37. The van der Waals surface area contributed by atoms with Crippen molar-refractivity contribution in [2.75, 3.05) is 16.7 Å². The third-order valence-corrected chi connectivity index (χ3v) is 2.51. The summed E-state index contributed by atoms with van der Waals surface area (Å²) in [6.07, 6.45) is 2.64. The lowest BCUT2D eigenvalue weighted by Crippen LogP contribution is -2.09. The molecule has 2 aromatic rings. The average Bonchev–Trinajstić information content (AvgIpc) is 2.16. The van der Waals surface area contributed by atoms with E-state index in [4.69, 9.17) is 5.73 Å². The number of hydrogen-bond acceptors (Lipinski definition) is 5. The number of nitrogen functional groups attached to an aromatic ring is 1. The van der Waals surface area contributed by atoms with E-state index in [1.54, 1.807) is 24.4 Å². The zero-order valence-corrected chi connectivity index (χ0v) is 9.32. The Morgan fingerprint density at radius 2 is 2.12 bits per heavy atom. The van der Waals surface area contributed by atoms with Crippen LogP contribution < -0.4 is 10.5 Å². The number of nitrogens with zero attached hydrogens (tertiary/aromatic N) is 2. The van der Waals surface area contributed by atoms with Crippen LogP contribution >= 0.6 is 0 Å². The van der Waals surface area contributed by atoms with Crippen LogP contribution in [0.15, 0.2) is 24.4 Å². The Balaban J connectivity index is 2.49. The Hall–Kier alpha value is -1.89. The molecule has 0 atom stereocenters. The molecule has 16 heavy (non-hydrogen) atoms. The summed E-state index contributed by atoms with van der Waals surface area (Å²) in [5, 5.41) is 0.725. The second kappa shape index (κ2) is 3.60. The number of hydrogen-bond donors (Lipinski definition) is 2. The molecule has 0 amide bonds. The lowest BCUT2D eigenvalue weighted by atomic mass is 10.2. The number of nitrogens with one attached hydrogen (secondary N) is 1. The average molecular weight is 238 g/mol. The van der Waals surface area contributed by atoms with Crippen LogP contribution in [0.2, 0.25) is 0 Å². The van der Waals surface area contributed by atoms with Gasteiger partial charge in [-0.1, -0.05) is 0 Å². The molecule has 0 fully saturated rings. The molecule has 0 saturated carbocycles. The summed E-state index contributed by atoms with van der Waals surface area (Å²) in [4.78, 5) is 7.84. The van der Waals surface area contributed by atoms with Crippen molar-refractivity contribution < 1.29 is 8.42 Å². The van der Waals surface area contributed by atoms with E-state index >= 15 is 0 Å². The van der Waals surface area contributed by atoms with E-state index < -0.39 is 10.0 Å². The fourth-order valence-electron chi connectivity index (χ4n) is 1.33. The van der Waals surface area contributed by atoms with Crippen LogP contribution in [0.4, 0.5) is 11.6 Å². The van der Waals surface area contributed by atoms with Crippen LogP contribution in [0.3, 0.4) is 0 Å². The first-order valence-corrected chi connectivity index (χ1v) is 6.33. The molecule has 0 bridgehead atoms. The monoisotopic (exact) mass is 238 g/mol. The molecular formula is C9H10N4O2S. The van der Waals surface area contributed by atoms with Gasteiger partial charge in [-0.2, -0.15) is 0 Å². The second-order valence-electron chi connectivity index (χ2n) is 3.38. The van der Waals surface area contributed by atoms with Crippen molar-refractivity contribution in [1.29, 1.82) is 0 Å². The Morgan fingerprint density at radius 1 is 1.38 bits per heavy atom. The molecule has 0 unspecified atom stereocenters. The minimum atomic E-state index is -3.27. The van der Waals surface area contributed by atoms with Crippen molar-refractivity contribution in [3.05, 3.63) is 24.4 Å². The van der Waals surface area contributed by atoms with Gasteiger partial charge >= 0.3 is 0 Å². The van der Waals surface area contributed by atoms with E-state index in [1.807, 2.05) is 0 Å². The maximum atomic E-state index is 11.0. The largest absolute Gasteiger partial charge is 0.368 e. The number of anilines is 2. The summed E-state index contributed by atoms with van der Waals surface area (Å²) in [6, 6.07) is 4.95. The number of rotatable bonds is 2. The Morgan fingerprint density at radius 3 is 2.81 bits per heavy atom. The predicted molar refractivity (Wildman–Crippen MR) is 62.4 cm³/mol. The van der Waals surface area contributed by atoms with E-state index in [0.29, 0.717) is 11.2 Å². The number of sulfonamides is 1. The van der Waals surface area contributed by atoms with Crippen molar-refractivity contribution in [1.82, 2.24) is 9.97 Å². The lowest BCUT2D eigenvalue weighted by molar-refractivity contribution is 0.607. The molecule has 1 aromatic carbocycles. The molecule has 0 aliphatic carbocycles. The fourth-order valence-corrected chi connectivity index (χ4v) is 1.88. The van der Waals surface area contributed by atoms with Crippen LogP contribution in [0.25, 0.3) is 10.9 Å². The highest BCUT2D eigenvalue weighted by atomic mass is 32.2. The highest BCUT2D eigenvalue weighted by molar-refractivity contribution is 7.92. The second-order valence-corrected chi connectivity index (χ2v) is 5.12. The van der Waals surface area contributed by atoms with Gasteiger partial charge in [0.05, 0.1) is 11.8 Å². The molecule has 7 heteroatoms. The minimum Gasteiger partial charge on any atom is -0.368 e. The molecule has 1 heterocycles. The van der Waals surface area contributed by atoms with Gasteiger partial charge in [0.25, 0.3) is 0 Å². The molecule has 6 nitrogen and oxygen atoms in total. The van der Waals surface area contributed by atoms with Crippen LogP contribution in [-0.2, 0) is 10.0 Å². The molecule has 0 aliphatic heterocycles. The quantitative estimate of drug-likeness (QED) is 0.797. The van der Waals surface area contributed by atoms with Gasteiger partial charge in [-0.3, -0.25) is 4.72 Å². The Labute approximate surface area is 92.6 Å². The SMILES string of the molecule is CS(=O)(=O)Nc1ccc2nc(N)ncc2c1. The summed E-state index contributed by atoms with van der Waals surface area (Å²) < 4.78 is 24.4. The maximum Gasteiger partial charge on any atom is 0.229 e. The molecule has 0 radical (unpaired) electrons. The topological polar surface area (TPSA) is 98.0 Å². The third-order valence-electron chi connectivity index (χ3n) is 1.90. The highest BCUT2D eigenvalue weighted by Crippen LogP contribution is 2.17. The molecule has 0 saturated heterocycles. The van der Waals surface area contributed by atoms with Gasteiger partial charge in [0.15, 0.2) is 0 Å². The predicted octanol–water partition coefficient (Wildman–Crippen LogP) is 0.583. The Kier molecular flexibility index (Phi) is 2.39. The van der Waals surface area contributed by atoms with Crippen LogP contribution in [0.1, 0.15) is 0 Å². The van der Waals surface area contributed by atoms with Gasteiger partial charge in [0.1, 0.15) is 0 Å². The summed E-state index contributed by atoms with van der Waals surface area (Å²) in [5.41, 5.74) is 6.58. The Bertz CT molecular complexity index is 639. The minimum absolute atomic E-state index is 0.191. The zero-order chi connectivity index (χ0) is 11.8. The molecule has 2 rings (SSSR count). The highest BCUT2D eigenvalue weighted by Gasteiger charge is 2.03. The lowest BCUT2D eigenvalue weighted by Gasteiger charge is -2.04. The van der Waals surface area contributed by atoms with E-state index in [1.165, 1.54) is 0 Å². The first kappa shape index (κ1) is 10.6. The van der Waals surface area contributed by atoms with Gasteiger partial charge in [0.2, 0.25) is 16.0 Å². The molecule has 1 aromatic heterocycles. The van der Waals surface area contributed by atoms with Crippen molar-refractivity contribution in [2.45, 2.75) is 0 Å². The standard InChI is InChI=1S/C9H10N4O2S/c1-16(14,15)13-7-2-3-8-6(4-7)5-11-9(10)12-8/h2-5,13H,1H3,(H2,10,11,12). The van der Waals surface area contributed by atoms with E-state index in [-0.39, 0.29) is 5.95 Å². The van der Waals surface area contributed by atoms with Crippen molar-refractivity contribution >= 4 is 32.6 Å². The number of aromatic nitrogens is 2. The van der Waals surface area contributed by atoms with Gasteiger partial charge < -0.3 is 5.73 Å². The van der Waals surface area contributed by atoms with Crippen molar-refractivity contribution in [3.8, 4) is 0 Å². The number of nitrogens with two attached hydrogens (primary N) is 1. The molecule has 84 valence electrons. The molecular weight excluding hydrogens is 228 g/mol. The van der Waals surface area contributed by atoms with Gasteiger partial charge in [0, 0.05) is 17.3 Å². The van der Waals surface area contributed by atoms with Gasteiger partial charge in [-0.05, 0) is 18.2 Å². The van der Waals surface area contributed by atoms with Crippen LogP contribution in [-0.4, -0.2) is 24.6 Å². The first-order valence-electron chi connectivity index (χ1n) is 4.44. The van der Waals surface area contributed by atoms with Crippen molar-refractivity contribution in [2.24, 2.45) is 0 Å². The van der Waals surface area contributed by atoms with Crippen molar-refractivity contribution in [3.63, 3.8) is 0 Å². The van der Waals surface area contributed by atoms with E-state index in [9.17, 15) is 8.42 Å². The number of benzene rings is 1. The van der Waals surface area contributed by atoms with E-state index in [0.717, 1.165) is 11.6 Å². The summed E-state index contributed by atoms with van der Waals surface area (Å²) in [5.74, 6) is 0.191. The smallest absolute Gasteiger partial charge is 0.229 e. The normalized spacial score (nSPS) is 11.6. The molecule has 3 N–H and O–H groups in total. The van der Waals surface area contributed by atoms with E-state index in [2.05, 4.69) is 14.7 Å². The van der Waals surface area contributed by atoms with Crippen LogP contribution in [0, 0.1) is 0 Å². The summed E-state index contributed by atoms with van der Waals surface area (Å²) in [7, 11) is -3.27. The number of fused-ring (bicyclic) bond motifs is 1. The van der Waals surface area contributed by atoms with Crippen LogP contribution in [0.5, 0.6) is 0 Å². The summed E-state index contributed by atoms with van der Waals surface area (Å²) >= 11 is 0. The molecule has 0 aliphatic rings. The molecule has 0 spiro atoms. The summed E-state index contributed by atoms with van der Waals surface area (Å²) in [6.45, 7) is 0. The maximum absolute atomic E-state index is 11.0. The fraction of sp³-hybridized carbons (Fsp3) is 0.111. The first-order chi connectivity index (χ1) is 7.44.